The average Bonchev–Trinajstić information content (AvgIpc) is 2.88. The highest BCUT2D eigenvalue weighted by molar-refractivity contribution is 6.11. The van der Waals surface area contributed by atoms with Crippen LogP contribution in [0.2, 0.25) is 0 Å². The van der Waals surface area contributed by atoms with Crippen LogP contribution in [0, 0.1) is 0 Å². The fraction of sp³-hybridized carbons (Fsp3) is 0.111. The number of carbonyl (C=O) groups is 2. The van der Waals surface area contributed by atoms with Crippen LogP contribution in [0.25, 0.3) is 10.9 Å². The van der Waals surface area contributed by atoms with Crippen molar-refractivity contribution < 1.29 is 9.59 Å². The first-order chi connectivity index (χ1) is 10.8. The van der Waals surface area contributed by atoms with E-state index in [4.69, 9.17) is 0 Å². The van der Waals surface area contributed by atoms with E-state index >= 15 is 0 Å². The van der Waals surface area contributed by atoms with Crippen LogP contribution < -0.4 is 5.32 Å². The first-order valence-electron chi connectivity index (χ1n) is 7.23. The zero-order valence-corrected chi connectivity index (χ0v) is 11.9. The molecule has 1 aliphatic heterocycles. The summed E-state index contributed by atoms with van der Waals surface area (Å²) in [5, 5.41) is 3.63. The normalized spacial score (nSPS) is 14.0. The number of fused-ring (bicyclic) bond motifs is 3. The third kappa shape index (κ3) is 1.84. The molecule has 0 fully saturated rings. The van der Waals surface area contributed by atoms with Gasteiger partial charge < -0.3 is 5.32 Å². The Labute approximate surface area is 127 Å². The highest BCUT2D eigenvalue weighted by atomic mass is 16.2. The summed E-state index contributed by atoms with van der Waals surface area (Å²) in [5.41, 5.74) is 3.31. The van der Waals surface area contributed by atoms with Crippen LogP contribution in [0.5, 0.6) is 0 Å². The van der Waals surface area contributed by atoms with Crippen LogP contribution in [-0.4, -0.2) is 22.9 Å². The van der Waals surface area contributed by atoms with Crippen molar-refractivity contribution in [3.63, 3.8) is 0 Å². The number of benzene rings is 2. The van der Waals surface area contributed by atoms with Gasteiger partial charge >= 0.3 is 0 Å². The lowest BCUT2D eigenvalue weighted by atomic mass is 10.0. The van der Waals surface area contributed by atoms with Gasteiger partial charge in [0.1, 0.15) is 5.69 Å². The summed E-state index contributed by atoms with van der Waals surface area (Å²) in [4.78, 5) is 24.6. The zero-order chi connectivity index (χ0) is 15.1. The third-order valence-corrected chi connectivity index (χ3v) is 4.07. The summed E-state index contributed by atoms with van der Waals surface area (Å²) < 4.78 is 1.56. The molecular weight excluding hydrogens is 276 g/mol. The molecule has 4 heteroatoms. The van der Waals surface area contributed by atoms with E-state index in [0.717, 1.165) is 22.0 Å². The van der Waals surface area contributed by atoms with Crippen molar-refractivity contribution in [2.45, 2.75) is 6.42 Å². The van der Waals surface area contributed by atoms with Gasteiger partial charge in [-0.25, -0.2) is 0 Å². The Balaban J connectivity index is 1.99. The van der Waals surface area contributed by atoms with Gasteiger partial charge in [0.15, 0.2) is 0 Å². The molecule has 0 saturated carbocycles. The molecule has 1 amide bonds. The molecule has 0 saturated heterocycles. The van der Waals surface area contributed by atoms with Gasteiger partial charge in [0.05, 0.1) is 12.1 Å². The van der Waals surface area contributed by atoms with E-state index in [9.17, 15) is 9.59 Å². The molecule has 0 bridgehead atoms. The number of hydrogen-bond donors (Lipinski definition) is 1. The molecular formula is C18H14N2O2. The van der Waals surface area contributed by atoms with Gasteiger partial charge in [0.25, 0.3) is 11.8 Å². The van der Waals surface area contributed by atoms with E-state index in [1.54, 1.807) is 4.57 Å². The first kappa shape index (κ1) is 12.8. The van der Waals surface area contributed by atoms with E-state index in [-0.39, 0.29) is 18.4 Å². The summed E-state index contributed by atoms with van der Waals surface area (Å²) in [6.07, 6.45) is 0.629. The minimum absolute atomic E-state index is 0.0509. The molecule has 0 radical (unpaired) electrons. The standard InChI is InChI=1S/C18H14N2O2/c21-16-11-19-18(22)17-14(10-12-6-2-1-3-7-12)13-8-4-5-9-15(13)20(16)17/h1-9H,10-11H2,(H,19,22). The van der Waals surface area contributed by atoms with E-state index in [0.29, 0.717) is 12.1 Å². The average molecular weight is 290 g/mol. The van der Waals surface area contributed by atoms with Crippen LogP contribution in [-0.2, 0) is 6.42 Å². The Morgan fingerprint density at radius 2 is 1.68 bits per heavy atom. The molecule has 2 heterocycles. The van der Waals surface area contributed by atoms with Gasteiger partial charge in [-0.3, -0.25) is 14.2 Å². The summed E-state index contributed by atoms with van der Waals surface area (Å²) in [5.74, 6) is -0.271. The number of nitrogens with one attached hydrogen (secondary N) is 1. The van der Waals surface area contributed by atoms with Gasteiger partial charge in [0.2, 0.25) is 0 Å². The molecule has 4 nitrogen and oxygen atoms in total. The molecule has 22 heavy (non-hydrogen) atoms. The van der Waals surface area contributed by atoms with Crippen LogP contribution in [0.1, 0.15) is 26.4 Å². The van der Waals surface area contributed by atoms with Crippen molar-refractivity contribution >= 4 is 22.7 Å². The van der Waals surface area contributed by atoms with Crippen LogP contribution in [0.15, 0.2) is 54.6 Å². The van der Waals surface area contributed by atoms with Crippen LogP contribution >= 0.6 is 0 Å². The number of rotatable bonds is 2. The predicted octanol–water partition coefficient (Wildman–Crippen LogP) is 2.62. The first-order valence-corrected chi connectivity index (χ1v) is 7.23. The maximum absolute atomic E-state index is 12.3. The Kier molecular flexibility index (Phi) is 2.82. The fourth-order valence-electron chi connectivity index (χ4n) is 3.10. The molecule has 0 unspecified atom stereocenters. The van der Waals surface area contributed by atoms with E-state index in [2.05, 4.69) is 5.32 Å². The Morgan fingerprint density at radius 3 is 2.50 bits per heavy atom. The summed E-state index contributed by atoms with van der Waals surface area (Å²) in [6.45, 7) is 0.0509. The SMILES string of the molecule is O=C1NCC(=O)n2c1c(Cc1ccccc1)c1ccccc12. The second-order valence-corrected chi connectivity index (χ2v) is 5.42. The van der Waals surface area contributed by atoms with E-state index in [1.165, 1.54) is 0 Å². The molecule has 108 valence electrons. The molecule has 2 aromatic carbocycles. The Hall–Kier alpha value is -2.88. The Morgan fingerprint density at radius 1 is 0.955 bits per heavy atom. The Bertz CT molecular complexity index is 894. The maximum Gasteiger partial charge on any atom is 0.269 e. The molecule has 0 spiro atoms. The van der Waals surface area contributed by atoms with E-state index in [1.807, 2.05) is 54.6 Å². The molecule has 1 N–H and O–H groups in total. The van der Waals surface area contributed by atoms with Gasteiger partial charge in [-0.15, -0.1) is 0 Å². The topological polar surface area (TPSA) is 51.1 Å². The van der Waals surface area contributed by atoms with Gasteiger partial charge in [-0.1, -0.05) is 48.5 Å². The quantitative estimate of drug-likeness (QED) is 0.788. The summed E-state index contributed by atoms with van der Waals surface area (Å²) >= 11 is 0. The number of amides is 1. The molecule has 4 rings (SSSR count). The van der Waals surface area contributed by atoms with Gasteiger partial charge in [-0.2, -0.15) is 0 Å². The van der Waals surface area contributed by atoms with Crippen molar-refractivity contribution in [3.05, 3.63) is 71.4 Å². The minimum Gasteiger partial charge on any atom is -0.342 e. The highest BCUT2D eigenvalue weighted by Crippen LogP contribution is 2.29. The van der Waals surface area contributed by atoms with Gasteiger partial charge in [-0.05, 0) is 17.2 Å². The van der Waals surface area contributed by atoms with E-state index < -0.39 is 0 Å². The van der Waals surface area contributed by atoms with Crippen molar-refractivity contribution in [1.29, 1.82) is 0 Å². The molecule has 0 atom stereocenters. The number of aromatic nitrogens is 1. The predicted molar refractivity (Wildman–Crippen MR) is 84.1 cm³/mol. The zero-order valence-electron chi connectivity index (χ0n) is 11.9. The molecule has 3 aromatic rings. The third-order valence-electron chi connectivity index (χ3n) is 4.07. The largest absolute Gasteiger partial charge is 0.342 e. The van der Waals surface area contributed by atoms with Crippen molar-refractivity contribution in [2.24, 2.45) is 0 Å². The lowest BCUT2D eigenvalue weighted by Gasteiger charge is -2.16. The molecule has 0 aliphatic carbocycles. The summed E-state index contributed by atoms with van der Waals surface area (Å²) in [7, 11) is 0. The minimum atomic E-state index is -0.179. The second-order valence-electron chi connectivity index (χ2n) is 5.42. The smallest absolute Gasteiger partial charge is 0.269 e. The number of carbonyl (C=O) groups excluding carboxylic acids is 2. The number of nitrogens with zero attached hydrogens (tertiary/aromatic N) is 1. The maximum atomic E-state index is 12.3. The lowest BCUT2D eigenvalue weighted by molar-refractivity contribution is 0.0813. The van der Waals surface area contributed by atoms with Crippen molar-refractivity contribution in [2.75, 3.05) is 6.54 Å². The lowest BCUT2D eigenvalue weighted by Crippen LogP contribution is -2.40. The number of para-hydroxylation sites is 1. The monoisotopic (exact) mass is 290 g/mol. The highest BCUT2D eigenvalue weighted by Gasteiger charge is 2.29. The van der Waals surface area contributed by atoms with Crippen LogP contribution in [0.4, 0.5) is 0 Å². The second kappa shape index (κ2) is 4.84. The molecule has 1 aromatic heterocycles. The van der Waals surface area contributed by atoms with Crippen molar-refractivity contribution in [1.82, 2.24) is 9.88 Å². The number of hydrogen-bond acceptors (Lipinski definition) is 2. The van der Waals surface area contributed by atoms with Gasteiger partial charge in [0, 0.05) is 11.8 Å². The van der Waals surface area contributed by atoms with Crippen LogP contribution in [0.3, 0.4) is 0 Å². The fourth-order valence-corrected chi connectivity index (χ4v) is 3.10. The summed E-state index contributed by atoms with van der Waals surface area (Å²) in [6, 6.07) is 17.7. The molecule has 1 aliphatic rings. The van der Waals surface area contributed by atoms with Crippen molar-refractivity contribution in [3.8, 4) is 0 Å².